The summed E-state index contributed by atoms with van der Waals surface area (Å²) < 4.78 is 0. The average Bonchev–Trinajstić information content (AvgIpc) is 2.71. The van der Waals surface area contributed by atoms with Crippen molar-refractivity contribution in [3.05, 3.63) is 29.8 Å². The second-order valence-corrected chi connectivity index (χ2v) is 4.41. The minimum absolute atomic E-state index is 0.0774. The van der Waals surface area contributed by atoms with Crippen LogP contribution in [0.3, 0.4) is 0 Å². The average molecular weight is 263 g/mol. The molecule has 19 heavy (non-hydrogen) atoms. The number of carboxylic acids is 2. The monoisotopic (exact) mass is 263 g/mol. The Bertz CT molecular complexity index is 522. The summed E-state index contributed by atoms with van der Waals surface area (Å²) in [5, 5.41) is 17.5. The lowest BCUT2D eigenvalue weighted by Crippen LogP contribution is -2.30. The molecule has 1 saturated heterocycles. The maximum atomic E-state index is 11.9. The summed E-state index contributed by atoms with van der Waals surface area (Å²) in [7, 11) is 0. The van der Waals surface area contributed by atoms with E-state index < -0.39 is 23.8 Å². The van der Waals surface area contributed by atoms with Crippen LogP contribution >= 0.6 is 0 Å². The Balaban J connectivity index is 2.13. The van der Waals surface area contributed by atoms with E-state index >= 15 is 0 Å². The summed E-state index contributed by atoms with van der Waals surface area (Å²) in [6.07, 6.45) is 0.219. The van der Waals surface area contributed by atoms with E-state index in [0.717, 1.165) is 0 Å². The molecular formula is C13H13NO5. The summed E-state index contributed by atoms with van der Waals surface area (Å²) in [6, 6.07) is 6.54. The minimum atomic E-state index is -1.10. The fourth-order valence-electron chi connectivity index (χ4n) is 2.13. The zero-order valence-corrected chi connectivity index (χ0v) is 10.1. The molecule has 1 heterocycles. The van der Waals surface area contributed by atoms with Crippen molar-refractivity contribution in [1.82, 2.24) is 0 Å². The molecule has 0 aliphatic carbocycles. The Morgan fingerprint density at radius 3 is 2.32 bits per heavy atom. The van der Waals surface area contributed by atoms with Crippen LogP contribution in [-0.2, 0) is 20.8 Å². The molecule has 2 N–H and O–H groups in total. The number of carboxylic acid groups (broad SMARTS) is 2. The molecule has 1 aromatic rings. The third-order valence-electron chi connectivity index (χ3n) is 3.11. The molecule has 6 heteroatoms. The molecule has 1 aliphatic heterocycles. The van der Waals surface area contributed by atoms with Gasteiger partial charge in [-0.25, -0.2) is 0 Å². The van der Waals surface area contributed by atoms with Gasteiger partial charge in [0.1, 0.15) is 5.92 Å². The van der Waals surface area contributed by atoms with Crippen molar-refractivity contribution in [3.8, 4) is 0 Å². The Kier molecular flexibility index (Phi) is 3.50. The van der Waals surface area contributed by atoms with Crippen LogP contribution in [0.5, 0.6) is 0 Å². The Morgan fingerprint density at radius 1 is 1.21 bits per heavy atom. The van der Waals surface area contributed by atoms with Gasteiger partial charge >= 0.3 is 11.9 Å². The molecule has 0 saturated carbocycles. The summed E-state index contributed by atoms with van der Waals surface area (Å²) in [4.78, 5) is 34.7. The number of rotatable bonds is 4. The smallest absolute Gasteiger partial charge is 0.316 e. The highest BCUT2D eigenvalue weighted by molar-refractivity contribution is 6.07. The lowest BCUT2D eigenvalue weighted by atomic mass is 10.1. The van der Waals surface area contributed by atoms with Gasteiger partial charge < -0.3 is 15.1 Å². The third kappa shape index (κ3) is 2.73. The maximum absolute atomic E-state index is 11.9. The van der Waals surface area contributed by atoms with Gasteiger partial charge in [0.2, 0.25) is 5.91 Å². The fourth-order valence-corrected chi connectivity index (χ4v) is 2.13. The normalized spacial score (nSPS) is 18.6. The van der Waals surface area contributed by atoms with Crippen LogP contribution in [0.4, 0.5) is 5.69 Å². The van der Waals surface area contributed by atoms with E-state index in [2.05, 4.69) is 0 Å². The van der Waals surface area contributed by atoms with Gasteiger partial charge in [-0.2, -0.15) is 0 Å². The Labute approximate surface area is 109 Å². The van der Waals surface area contributed by atoms with Gasteiger partial charge in [0.25, 0.3) is 0 Å². The van der Waals surface area contributed by atoms with Gasteiger partial charge in [-0.3, -0.25) is 14.4 Å². The van der Waals surface area contributed by atoms with Crippen molar-refractivity contribution in [2.45, 2.75) is 12.8 Å². The van der Waals surface area contributed by atoms with E-state index in [0.29, 0.717) is 24.2 Å². The summed E-state index contributed by atoms with van der Waals surface area (Å²) >= 11 is 0. The topological polar surface area (TPSA) is 94.9 Å². The van der Waals surface area contributed by atoms with Crippen molar-refractivity contribution >= 4 is 23.5 Å². The molecule has 1 fully saturated rings. The van der Waals surface area contributed by atoms with Crippen LogP contribution in [0.1, 0.15) is 12.0 Å². The molecular weight excluding hydrogens is 250 g/mol. The second-order valence-electron chi connectivity index (χ2n) is 4.41. The number of carbonyl (C=O) groups excluding carboxylic acids is 1. The lowest BCUT2D eigenvalue weighted by molar-refractivity contribution is -0.145. The number of nitrogens with zero attached hydrogens (tertiary/aromatic N) is 1. The predicted octanol–water partition coefficient (Wildman–Crippen LogP) is 0.751. The van der Waals surface area contributed by atoms with E-state index in [1.807, 2.05) is 0 Å². The maximum Gasteiger partial charge on any atom is 0.316 e. The van der Waals surface area contributed by atoms with Crippen molar-refractivity contribution in [3.63, 3.8) is 0 Å². The first-order valence-corrected chi connectivity index (χ1v) is 5.84. The molecule has 1 aliphatic rings. The molecule has 0 aromatic heterocycles. The van der Waals surface area contributed by atoms with Crippen LogP contribution in [0.2, 0.25) is 0 Å². The van der Waals surface area contributed by atoms with E-state index in [-0.39, 0.29) is 6.42 Å². The SMILES string of the molecule is O=C(O)Cc1ccc(N2CCC(C(=O)O)C2=O)cc1. The van der Waals surface area contributed by atoms with Crippen LogP contribution in [-0.4, -0.2) is 34.6 Å². The van der Waals surface area contributed by atoms with Crippen LogP contribution in [0, 0.1) is 5.92 Å². The molecule has 1 aromatic carbocycles. The number of hydrogen-bond donors (Lipinski definition) is 2. The van der Waals surface area contributed by atoms with E-state index in [1.165, 1.54) is 4.90 Å². The van der Waals surface area contributed by atoms with E-state index in [4.69, 9.17) is 10.2 Å². The molecule has 100 valence electrons. The molecule has 1 atom stereocenters. The number of hydrogen-bond acceptors (Lipinski definition) is 3. The first-order valence-electron chi connectivity index (χ1n) is 5.84. The van der Waals surface area contributed by atoms with E-state index in [9.17, 15) is 14.4 Å². The lowest BCUT2D eigenvalue weighted by Gasteiger charge is -2.16. The number of benzene rings is 1. The summed E-state index contributed by atoms with van der Waals surface area (Å²) in [6.45, 7) is 0.369. The Hall–Kier alpha value is -2.37. The number of carbonyl (C=O) groups is 3. The molecule has 0 radical (unpaired) electrons. The van der Waals surface area contributed by atoms with Crippen LogP contribution in [0.25, 0.3) is 0 Å². The zero-order chi connectivity index (χ0) is 14.0. The molecule has 0 spiro atoms. The Morgan fingerprint density at radius 2 is 1.84 bits per heavy atom. The van der Waals surface area contributed by atoms with Gasteiger partial charge in [0, 0.05) is 12.2 Å². The van der Waals surface area contributed by atoms with Gasteiger partial charge in [0.05, 0.1) is 6.42 Å². The van der Waals surface area contributed by atoms with E-state index in [1.54, 1.807) is 24.3 Å². The summed E-state index contributed by atoms with van der Waals surface area (Å²) in [5.41, 5.74) is 1.24. The number of anilines is 1. The fraction of sp³-hybridized carbons (Fsp3) is 0.308. The molecule has 2 rings (SSSR count). The van der Waals surface area contributed by atoms with Crippen LogP contribution < -0.4 is 4.90 Å². The third-order valence-corrected chi connectivity index (χ3v) is 3.11. The van der Waals surface area contributed by atoms with Gasteiger partial charge in [-0.05, 0) is 24.1 Å². The number of amides is 1. The largest absolute Gasteiger partial charge is 0.481 e. The minimum Gasteiger partial charge on any atom is -0.481 e. The van der Waals surface area contributed by atoms with Gasteiger partial charge in [0.15, 0.2) is 0 Å². The highest BCUT2D eigenvalue weighted by atomic mass is 16.4. The zero-order valence-electron chi connectivity index (χ0n) is 10.1. The summed E-state index contributed by atoms with van der Waals surface area (Å²) in [5.74, 6) is -3.41. The van der Waals surface area contributed by atoms with Crippen molar-refractivity contribution in [2.75, 3.05) is 11.4 Å². The quantitative estimate of drug-likeness (QED) is 0.782. The highest BCUT2D eigenvalue weighted by Gasteiger charge is 2.37. The highest BCUT2D eigenvalue weighted by Crippen LogP contribution is 2.25. The molecule has 1 amide bonds. The van der Waals surface area contributed by atoms with Crippen molar-refractivity contribution in [1.29, 1.82) is 0 Å². The van der Waals surface area contributed by atoms with Gasteiger partial charge in [-0.15, -0.1) is 0 Å². The van der Waals surface area contributed by atoms with Crippen molar-refractivity contribution in [2.24, 2.45) is 5.92 Å². The molecule has 6 nitrogen and oxygen atoms in total. The second kappa shape index (κ2) is 5.09. The van der Waals surface area contributed by atoms with Gasteiger partial charge in [-0.1, -0.05) is 12.1 Å². The van der Waals surface area contributed by atoms with Crippen molar-refractivity contribution < 1.29 is 24.6 Å². The molecule has 0 bridgehead atoms. The molecule has 1 unspecified atom stereocenters. The standard InChI is InChI=1S/C13H13NO5/c15-11(16)7-8-1-3-9(4-2-8)14-6-5-10(12(14)17)13(18)19/h1-4,10H,5-7H2,(H,15,16)(H,18,19). The first kappa shape index (κ1) is 13.1. The predicted molar refractivity (Wildman–Crippen MR) is 65.9 cm³/mol. The van der Waals surface area contributed by atoms with Crippen LogP contribution in [0.15, 0.2) is 24.3 Å². The number of aliphatic carboxylic acids is 2. The first-order chi connectivity index (χ1) is 8.99.